The maximum Gasteiger partial charge on any atom is 0.296 e. The minimum atomic E-state index is -1.72. The number of amides is 2. The molecule has 1 N–H and O–H groups in total. The van der Waals surface area contributed by atoms with Gasteiger partial charge in [-0.2, -0.15) is 0 Å². The molecule has 2 aromatic carbocycles. The molecule has 4 aliphatic heterocycles. The molecule has 204 valence electrons. The Kier molecular flexibility index (Phi) is 6.43. The summed E-state index contributed by atoms with van der Waals surface area (Å²) in [6, 6.07) is 12.5. The molecular formula is C30H33N3O6. The van der Waals surface area contributed by atoms with Gasteiger partial charge in [-0.15, -0.1) is 0 Å². The van der Waals surface area contributed by atoms with Crippen molar-refractivity contribution >= 4 is 29.0 Å². The number of aliphatic hydroxyl groups excluding tert-OH is 1. The van der Waals surface area contributed by atoms with Crippen LogP contribution in [0.25, 0.3) is 5.76 Å². The Labute approximate surface area is 227 Å². The van der Waals surface area contributed by atoms with E-state index in [0.29, 0.717) is 56.0 Å². The zero-order chi connectivity index (χ0) is 27.3. The van der Waals surface area contributed by atoms with Crippen molar-refractivity contribution in [1.29, 1.82) is 0 Å². The van der Waals surface area contributed by atoms with E-state index in [-0.39, 0.29) is 24.0 Å². The molecule has 2 aromatic rings. The molecule has 0 aliphatic carbocycles. The number of benzene rings is 2. The Bertz CT molecular complexity index is 1380. The van der Waals surface area contributed by atoms with Gasteiger partial charge in [0.05, 0.1) is 24.5 Å². The zero-order valence-corrected chi connectivity index (χ0v) is 22.3. The maximum absolute atomic E-state index is 14.3. The van der Waals surface area contributed by atoms with Gasteiger partial charge in [-0.05, 0) is 50.1 Å². The number of fused-ring (bicyclic) bond motifs is 3. The summed E-state index contributed by atoms with van der Waals surface area (Å²) < 4.78 is 11.2. The van der Waals surface area contributed by atoms with Crippen molar-refractivity contribution in [2.45, 2.75) is 38.3 Å². The first-order valence-electron chi connectivity index (χ1n) is 13.7. The first kappa shape index (κ1) is 25.6. The lowest BCUT2D eigenvalue weighted by Gasteiger charge is -2.35. The quantitative estimate of drug-likeness (QED) is 0.348. The van der Waals surface area contributed by atoms with Crippen molar-refractivity contribution in [2.75, 3.05) is 50.8 Å². The number of ketones is 1. The summed E-state index contributed by atoms with van der Waals surface area (Å²) in [6.45, 7) is 8.02. The molecular weight excluding hydrogens is 498 g/mol. The number of nitrogens with zero attached hydrogens (tertiary/aromatic N) is 3. The number of para-hydroxylation sites is 1. The minimum absolute atomic E-state index is 0.00874. The van der Waals surface area contributed by atoms with Gasteiger partial charge in [0.2, 0.25) is 0 Å². The number of morpholine rings is 1. The van der Waals surface area contributed by atoms with E-state index in [1.165, 1.54) is 4.90 Å². The molecule has 4 heterocycles. The maximum atomic E-state index is 14.3. The van der Waals surface area contributed by atoms with Crippen LogP contribution in [0, 0.1) is 0 Å². The molecule has 0 aromatic heterocycles. The fourth-order valence-electron chi connectivity index (χ4n) is 6.47. The molecule has 9 heteroatoms. The molecule has 0 radical (unpaired) electrons. The van der Waals surface area contributed by atoms with Crippen LogP contribution in [-0.2, 0) is 31.1 Å². The fourth-order valence-corrected chi connectivity index (χ4v) is 6.47. The van der Waals surface area contributed by atoms with Gasteiger partial charge in [0, 0.05) is 50.3 Å². The minimum Gasteiger partial charge on any atom is -0.507 e. The van der Waals surface area contributed by atoms with Crippen LogP contribution in [0.5, 0.6) is 5.75 Å². The number of ether oxygens (including phenoxy) is 2. The van der Waals surface area contributed by atoms with Gasteiger partial charge in [-0.3, -0.25) is 19.3 Å². The first-order valence-corrected chi connectivity index (χ1v) is 13.7. The lowest BCUT2D eigenvalue weighted by Crippen LogP contribution is -2.52. The molecule has 0 unspecified atom stereocenters. The molecule has 2 saturated heterocycles. The number of rotatable bonds is 6. The number of carbonyl (C=O) groups excluding carboxylic acids is 3. The molecule has 39 heavy (non-hydrogen) atoms. The van der Waals surface area contributed by atoms with Crippen LogP contribution in [0.2, 0.25) is 0 Å². The van der Waals surface area contributed by atoms with E-state index in [0.717, 1.165) is 24.4 Å². The Balaban J connectivity index is 1.48. The van der Waals surface area contributed by atoms with Crippen molar-refractivity contribution in [2.24, 2.45) is 0 Å². The van der Waals surface area contributed by atoms with E-state index in [9.17, 15) is 19.5 Å². The Morgan fingerprint density at radius 3 is 2.62 bits per heavy atom. The largest absolute Gasteiger partial charge is 0.507 e. The van der Waals surface area contributed by atoms with Crippen molar-refractivity contribution < 1.29 is 29.0 Å². The van der Waals surface area contributed by atoms with Crippen LogP contribution >= 0.6 is 0 Å². The highest BCUT2D eigenvalue weighted by molar-refractivity contribution is 6.50. The van der Waals surface area contributed by atoms with Crippen LogP contribution in [-0.4, -0.2) is 84.5 Å². The van der Waals surface area contributed by atoms with E-state index in [1.54, 1.807) is 35.2 Å². The summed E-state index contributed by atoms with van der Waals surface area (Å²) in [7, 11) is 0. The van der Waals surface area contributed by atoms with Crippen molar-refractivity contribution in [3.05, 3.63) is 64.7 Å². The molecule has 2 amide bonds. The van der Waals surface area contributed by atoms with Gasteiger partial charge < -0.3 is 24.4 Å². The number of Topliss-reactive ketones (excluding diaryl/α,β-unsaturated/α-hetero) is 1. The number of likely N-dealkylation sites (N-methyl/N-ethyl adjacent to an activating group) is 1. The number of anilines is 1. The van der Waals surface area contributed by atoms with Crippen molar-refractivity contribution in [3.8, 4) is 5.75 Å². The molecule has 1 spiro atoms. The molecule has 2 atom stereocenters. The Morgan fingerprint density at radius 2 is 1.85 bits per heavy atom. The lowest BCUT2D eigenvalue weighted by atomic mass is 9.81. The van der Waals surface area contributed by atoms with Gasteiger partial charge in [0.25, 0.3) is 17.6 Å². The summed E-state index contributed by atoms with van der Waals surface area (Å²) in [6.07, 6.45) is 1.25. The third-order valence-electron chi connectivity index (χ3n) is 8.25. The normalized spacial score (nSPS) is 25.9. The number of aliphatic hydroxyl groups is 1. The summed E-state index contributed by atoms with van der Waals surface area (Å²) in [5.41, 5.74) is 0.595. The van der Waals surface area contributed by atoms with E-state index in [2.05, 4.69) is 4.90 Å². The lowest BCUT2D eigenvalue weighted by molar-refractivity contribution is -0.143. The van der Waals surface area contributed by atoms with E-state index < -0.39 is 23.1 Å². The molecule has 0 saturated carbocycles. The summed E-state index contributed by atoms with van der Waals surface area (Å²) >= 11 is 0. The highest BCUT2D eigenvalue weighted by Crippen LogP contribution is 2.53. The van der Waals surface area contributed by atoms with Crippen molar-refractivity contribution in [1.82, 2.24) is 9.80 Å². The SMILES string of the molecule is CCN1C(=O)[C@@]2(C(=C(O)c3ccc4c(c3)C[C@H](C)O4)C(=O)C(=O)N2CCCN2CCOCC2)c2ccccc21. The number of likely N-dealkylation sites (tertiary alicyclic amines) is 1. The van der Waals surface area contributed by atoms with Crippen LogP contribution in [0.1, 0.15) is 37.0 Å². The second kappa shape index (κ2) is 9.81. The van der Waals surface area contributed by atoms with E-state index in [4.69, 9.17) is 9.47 Å². The molecule has 0 bridgehead atoms. The first-order chi connectivity index (χ1) is 18.9. The number of hydrogen-bond donors (Lipinski definition) is 1. The van der Waals surface area contributed by atoms with E-state index >= 15 is 0 Å². The predicted molar refractivity (Wildman–Crippen MR) is 145 cm³/mol. The summed E-state index contributed by atoms with van der Waals surface area (Å²) in [4.78, 5) is 47.0. The number of carbonyl (C=O) groups is 3. The third-order valence-corrected chi connectivity index (χ3v) is 8.25. The summed E-state index contributed by atoms with van der Waals surface area (Å²) in [5.74, 6) is -1.61. The van der Waals surface area contributed by atoms with Crippen LogP contribution in [0.4, 0.5) is 5.69 Å². The van der Waals surface area contributed by atoms with Crippen LogP contribution in [0.3, 0.4) is 0 Å². The van der Waals surface area contributed by atoms with Gasteiger partial charge >= 0.3 is 0 Å². The monoisotopic (exact) mass is 531 g/mol. The van der Waals surface area contributed by atoms with Gasteiger partial charge in [-0.25, -0.2) is 0 Å². The van der Waals surface area contributed by atoms with E-state index in [1.807, 2.05) is 26.0 Å². The van der Waals surface area contributed by atoms with Gasteiger partial charge in [-0.1, -0.05) is 18.2 Å². The molecule has 6 rings (SSSR count). The second-order valence-corrected chi connectivity index (χ2v) is 10.5. The highest BCUT2D eigenvalue weighted by atomic mass is 16.5. The average Bonchev–Trinajstić information content (AvgIpc) is 3.52. The Hall–Kier alpha value is -3.69. The molecule has 9 nitrogen and oxygen atoms in total. The van der Waals surface area contributed by atoms with Crippen LogP contribution < -0.4 is 9.64 Å². The Morgan fingerprint density at radius 1 is 1.08 bits per heavy atom. The zero-order valence-electron chi connectivity index (χ0n) is 22.3. The summed E-state index contributed by atoms with van der Waals surface area (Å²) in [5, 5.41) is 11.7. The predicted octanol–water partition coefficient (Wildman–Crippen LogP) is 2.67. The third kappa shape index (κ3) is 3.86. The second-order valence-electron chi connectivity index (χ2n) is 10.5. The smallest absolute Gasteiger partial charge is 0.296 e. The molecule has 4 aliphatic rings. The highest BCUT2D eigenvalue weighted by Gasteiger charge is 2.66. The number of hydrogen-bond acceptors (Lipinski definition) is 7. The van der Waals surface area contributed by atoms with Gasteiger partial charge in [0.1, 0.15) is 17.6 Å². The fraction of sp³-hybridized carbons (Fsp3) is 0.433. The molecule has 2 fully saturated rings. The van der Waals surface area contributed by atoms with Crippen molar-refractivity contribution in [3.63, 3.8) is 0 Å². The average molecular weight is 532 g/mol. The topological polar surface area (TPSA) is 99.6 Å². The standard InChI is InChI=1S/C30H33N3O6/c1-3-32-23-8-5-4-7-22(23)30(29(32)37)25(26(34)20-9-10-24-21(18-20)17-19(2)39-24)27(35)28(36)33(30)12-6-11-31-13-15-38-16-14-31/h4-5,7-10,18-19,34H,3,6,11-17H2,1-2H3/t19-,30-/m0/s1. The van der Waals surface area contributed by atoms with Gasteiger partial charge in [0.15, 0.2) is 5.54 Å². The van der Waals surface area contributed by atoms with Crippen LogP contribution in [0.15, 0.2) is 48.0 Å².